The fraction of sp³-hybridized carbons (Fsp3) is 0.400. The molecule has 16 nitrogen and oxygen atoms in total. The number of hydrogen-bond acceptors (Lipinski definition) is 14. The molecule has 0 aliphatic carbocycles. The second kappa shape index (κ2) is 29.2. The van der Waals surface area contributed by atoms with Crippen molar-refractivity contribution in [3.63, 3.8) is 0 Å². The molecule has 0 aromatic heterocycles. The molecule has 0 saturated carbocycles. The quantitative estimate of drug-likeness (QED) is 0.0414. The van der Waals surface area contributed by atoms with E-state index in [2.05, 4.69) is 43.2 Å². The van der Waals surface area contributed by atoms with Crippen molar-refractivity contribution in [1.29, 1.82) is 10.5 Å². The Morgan fingerprint density at radius 3 is 1.27 bits per heavy atom. The van der Waals surface area contributed by atoms with E-state index in [1.54, 1.807) is 0 Å². The van der Waals surface area contributed by atoms with E-state index in [0.717, 1.165) is 12.1 Å². The Kier molecular flexibility index (Phi) is 22.0. The monoisotopic (exact) mass is 1370 g/mol. The standard InChI is InChI=1S/C70H72Cl4F4N8O8/c1-67(2,3)35-55-69(37-79,45-19-17-41(71)33-49(45)75)57(43-11-9-13-47(73)59(43)77)61(83-55)63(87)81-51-21-15-39(31-53(51)91-7)65(89)93-29-27-85-23-25-86(26-24-85)28-30-94-66(90)40-16-22-52(54(32-40)92-8)82-64(88)62-58(44-12-10-14-48(74)60(44)78)70(38-80,56(84-62)36-68(4,5)6)46-20-18-42(72)34-50(46)76/h9-22,31-34,55-58,61-62,83-84H,23-30,35-36H2,1-8H3,(H,81,87)(H,82,88)/t55-,56-,57-,58-,61+,62+,69-,70-/m0/s1. The fourth-order valence-corrected chi connectivity index (χ4v) is 14.0. The topological polar surface area (TPSA) is 207 Å². The van der Waals surface area contributed by atoms with Crippen LogP contribution in [0.25, 0.3) is 0 Å². The number of amides is 2. The lowest BCUT2D eigenvalue weighted by Crippen LogP contribution is -2.48. The lowest BCUT2D eigenvalue weighted by molar-refractivity contribution is -0.119. The van der Waals surface area contributed by atoms with E-state index in [9.17, 15) is 29.7 Å². The molecular weight excluding hydrogens is 1300 g/mol. The van der Waals surface area contributed by atoms with Crippen molar-refractivity contribution < 1.29 is 55.7 Å². The first-order valence-electron chi connectivity index (χ1n) is 30.5. The summed E-state index contributed by atoms with van der Waals surface area (Å²) in [6.45, 7) is 15.0. The molecule has 0 unspecified atom stereocenters. The molecule has 3 saturated heterocycles. The van der Waals surface area contributed by atoms with Gasteiger partial charge in [0.15, 0.2) is 0 Å². The zero-order valence-electron chi connectivity index (χ0n) is 53.0. The van der Waals surface area contributed by atoms with E-state index in [1.165, 1.54) is 111 Å². The third-order valence-corrected chi connectivity index (χ3v) is 18.7. The zero-order valence-corrected chi connectivity index (χ0v) is 56.0. The average molecular weight is 1370 g/mol. The fourth-order valence-electron chi connectivity index (χ4n) is 13.3. The predicted octanol–water partition coefficient (Wildman–Crippen LogP) is 13.4. The minimum Gasteiger partial charge on any atom is -0.495 e. The number of carbonyl (C=O) groups excluding carboxylic acids is 4. The summed E-state index contributed by atoms with van der Waals surface area (Å²) in [5.74, 6) is -8.47. The molecule has 3 fully saturated rings. The van der Waals surface area contributed by atoms with Gasteiger partial charge in [-0.15, -0.1) is 0 Å². The van der Waals surface area contributed by atoms with Crippen LogP contribution in [0.3, 0.4) is 0 Å². The smallest absolute Gasteiger partial charge is 0.338 e. The predicted molar refractivity (Wildman–Crippen MR) is 352 cm³/mol. The number of hydrogen-bond donors (Lipinski definition) is 4. The molecule has 9 rings (SSSR count). The zero-order chi connectivity index (χ0) is 68.2. The number of halogens is 8. The second-order valence-corrected chi connectivity index (χ2v) is 27.8. The Morgan fingerprint density at radius 2 is 0.936 bits per heavy atom. The van der Waals surface area contributed by atoms with Crippen LogP contribution in [0.1, 0.15) is 109 Å². The summed E-state index contributed by atoms with van der Waals surface area (Å²) in [7, 11) is 2.71. The van der Waals surface area contributed by atoms with Crippen molar-refractivity contribution in [3.8, 4) is 23.6 Å². The molecule has 496 valence electrons. The third kappa shape index (κ3) is 15.0. The van der Waals surface area contributed by atoms with Gasteiger partial charge in [0, 0.05) is 84.4 Å². The lowest BCUT2D eigenvalue weighted by atomic mass is 9.62. The second-order valence-electron chi connectivity index (χ2n) is 26.1. The third-order valence-electron chi connectivity index (χ3n) is 17.6. The summed E-state index contributed by atoms with van der Waals surface area (Å²) in [5.41, 5.74) is -4.36. The average Bonchev–Trinajstić information content (AvgIpc) is 1.54. The highest BCUT2D eigenvalue weighted by Gasteiger charge is 2.63. The van der Waals surface area contributed by atoms with Gasteiger partial charge in [-0.25, -0.2) is 27.2 Å². The number of nitrogens with zero attached hydrogens (tertiary/aromatic N) is 4. The van der Waals surface area contributed by atoms with Crippen LogP contribution in [-0.2, 0) is 29.9 Å². The first kappa shape index (κ1) is 70.8. The molecule has 24 heteroatoms. The molecule has 3 aliphatic rings. The first-order chi connectivity index (χ1) is 44.6. The molecule has 3 heterocycles. The molecule has 2 amide bonds. The van der Waals surface area contributed by atoms with E-state index in [0.29, 0.717) is 39.3 Å². The van der Waals surface area contributed by atoms with E-state index in [4.69, 9.17) is 65.4 Å². The van der Waals surface area contributed by atoms with Gasteiger partial charge in [-0.2, -0.15) is 10.5 Å². The van der Waals surface area contributed by atoms with Crippen molar-refractivity contribution in [3.05, 3.63) is 186 Å². The van der Waals surface area contributed by atoms with Crippen molar-refractivity contribution in [2.75, 3.05) is 77.3 Å². The number of nitrogens with one attached hydrogen (secondary N) is 4. The highest BCUT2D eigenvalue weighted by molar-refractivity contribution is 6.31. The van der Waals surface area contributed by atoms with Gasteiger partial charge in [0.1, 0.15) is 58.8 Å². The van der Waals surface area contributed by atoms with Crippen LogP contribution in [0, 0.1) is 56.8 Å². The molecule has 3 aliphatic heterocycles. The summed E-state index contributed by atoms with van der Waals surface area (Å²) in [6.07, 6.45) is 0.529. The van der Waals surface area contributed by atoms with Crippen LogP contribution < -0.4 is 30.7 Å². The van der Waals surface area contributed by atoms with E-state index >= 15 is 17.6 Å². The van der Waals surface area contributed by atoms with Crippen LogP contribution >= 0.6 is 46.4 Å². The highest BCUT2D eigenvalue weighted by atomic mass is 35.5. The molecule has 0 radical (unpaired) electrons. The molecule has 4 N–H and O–H groups in total. The maximum Gasteiger partial charge on any atom is 0.338 e. The largest absolute Gasteiger partial charge is 0.495 e. The highest BCUT2D eigenvalue weighted by Crippen LogP contribution is 2.55. The number of piperazine rings is 1. The normalized spacial score (nSPS) is 22.4. The van der Waals surface area contributed by atoms with Gasteiger partial charge in [-0.1, -0.05) is 124 Å². The van der Waals surface area contributed by atoms with Gasteiger partial charge in [0.2, 0.25) is 11.8 Å². The summed E-state index contributed by atoms with van der Waals surface area (Å²) in [6, 6.07) is 25.3. The number of methoxy groups -OCH3 is 2. The minimum atomic E-state index is -1.85. The molecule has 0 bridgehead atoms. The van der Waals surface area contributed by atoms with Crippen molar-refractivity contribution in [2.45, 2.75) is 101 Å². The first-order valence-corrected chi connectivity index (χ1v) is 32.0. The van der Waals surface area contributed by atoms with Crippen LogP contribution in [-0.4, -0.2) is 124 Å². The Balaban J connectivity index is 0.784. The van der Waals surface area contributed by atoms with Crippen LogP contribution in [0.5, 0.6) is 11.5 Å². The summed E-state index contributed by atoms with van der Waals surface area (Å²) >= 11 is 25.0. The van der Waals surface area contributed by atoms with Gasteiger partial charge in [-0.05, 0) is 108 Å². The van der Waals surface area contributed by atoms with E-state index < -0.39 is 105 Å². The van der Waals surface area contributed by atoms with Gasteiger partial charge in [0.25, 0.3) is 0 Å². The summed E-state index contributed by atoms with van der Waals surface area (Å²) in [5, 5.41) is 34.4. The lowest BCUT2D eigenvalue weighted by Gasteiger charge is -2.37. The Hall–Kier alpha value is -7.50. The molecule has 94 heavy (non-hydrogen) atoms. The van der Waals surface area contributed by atoms with Crippen LogP contribution in [0.2, 0.25) is 20.1 Å². The van der Waals surface area contributed by atoms with Crippen molar-refractivity contribution in [2.24, 2.45) is 10.8 Å². The number of ether oxygens (including phenoxy) is 4. The summed E-state index contributed by atoms with van der Waals surface area (Å²) in [4.78, 5) is 60.5. The van der Waals surface area contributed by atoms with Crippen LogP contribution in [0.4, 0.5) is 28.9 Å². The van der Waals surface area contributed by atoms with E-state index in [-0.39, 0.29) is 102 Å². The molecule has 8 atom stereocenters. The Morgan fingerprint density at radius 1 is 0.564 bits per heavy atom. The van der Waals surface area contributed by atoms with Gasteiger partial charge in [0.05, 0.1) is 71.0 Å². The van der Waals surface area contributed by atoms with E-state index in [1.807, 2.05) is 41.5 Å². The van der Waals surface area contributed by atoms with Crippen molar-refractivity contribution >= 4 is 81.5 Å². The molecule has 0 spiro atoms. The maximum absolute atomic E-state index is 16.3. The SMILES string of the molecule is COc1cc(C(=O)OCCN2CCN(CCOC(=O)c3ccc(NC(=O)[C@@H]4N[C@@H](CC(C)(C)C)[C@](C#N)(c5ccc(Cl)cc5F)[C@H]4c4cccc(Cl)c4F)c(OC)c3)CC2)ccc1NC(=O)[C@@H]1N[C@@H](CC(C)(C)C)[C@](C#N)(c2ccc(Cl)cc2F)[C@H]1c1cccc(Cl)c1F. The number of rotatable bonds is 20. The Labute approximate surface area is 564 Å². The molecule has 6 aromatic rings. The number of esters is 2. The minimum absolute atomic E-state index is 0.0505. The number of nitriles is 2. The molecule has 6 aromatic carbocycles. The van der Waals surface area contributed by atoms with Gasteiger partial charge < -0.3 is 40.2 Å². The number of carbonyl (C=O) groups is 4. The molecular formula is C70H72Cl4F4N8O8. The Bertz CT molecular complexity index is 3700. The van der Waals surface area contributed by atoms with Crippen molar-refractivity contribution in [1.82, 2.24) is 20.4 Å². The number of benzene rings is 6. The maximum atomic E-state index is 16.3. The summed E-state index contributed by atoms with van der Waals surface area (Å²) < 4.78 is 87.5. The number of anilines is 2. The van der Waals surface area contributed by atoms with Gasteiger partial charge >= 0.3 is 11.9 Å². The van der Waals surface area contributed by atoms with Crippen LogP contribution in [0.15, 0.2) is 109 Å². The van der Waals surface area contributed by atoms with Gasteiger partial charge in [-0.3, -0.25) is 19.4 Å².